The smallest absolute Gasteiger partial charge is 0.285 e. The number of fused-ring (bicyclic) bond motifs is 1. The lowest BCUT2D eigenvalue weighted by atomic mass is 9.94. The summed E-state index contributed by atoms with van der Waals surface area (Å²) >= 11 is 0. The normalized spacial score (nSPS) is 13.2. The van der Waals surface area contributed by atoms with Crippen LogP contribution in [-0.4, -0.2) is 30.4 Å². The monoisotopic (exact) mass is 558 g/mol. The Balaban J connectivity index is 1.82. The van der Waals surface area contributed by atoms with E-state index in [-0.39, 0.29) is 28.5 Å². The molecule has 1 amide bonds. The van der Waals surface area contributed by atoms with E-state index in [1.54, 1.807) is 18.2 Å². The lowest BCUT2D eigenvalue weighted by molar-refractivity contribution is -0.385. The van der Waals surface area contributed by atoms with E-state index in [1.807, 2.05) is 6.07 Å². The first-order valence-electron chi connectivity index (χ1n) is 13.5. The van der Waals surface area contributed by atoms with Crippen LogP contribution in [0.25, 0.3) is 22.3 Å². The number of nitrogens with zero attached hydrogens (tertiary/aromatic N) is 2. The molecule has 3 aromatic rings. The SMILES string of the molecule is CC(C)[Si](C#Cc1cc(F)c(-c2cnc(N)c(-c3ccc4c(c3)CCNC4=O)c2)cc1[N+](=O)[O-])(C(C)C)C(C)C. The molecule has 1 aliphatic heterocycles. The van der Waals surface area contributed by atoms with Crippen molar-refractivity contribution in [2.45, 2.75) is 64.6 Å². The maximum Gasteiger partial charge on any atom is 0.285 e. The molecule has 0 bridgehead atoms. The predicted molar refractivity (Wildman–Crippen MR) is 160 cm³/mol. The lowest BCUT2D eigenvalue weighted by Gasteiger charge is -2.38. The van der Waals surface area contributed by atoms with Crippen molar-refractivity contribution in [2.75, 3.05) is 12.3 Å². The highest BCUT2D eigenvalue weighted by molar-refractivity contribution is 6.90. The van der Waals surface area contributed by atoms with Crippen molar-refractivity contribution in [3.8, 4) is 33.7 Å². The number of aromatic nitrogens is 1. The molecule has 3 N–H and O–H groups in total. The molecule has 0 fully saturated rings. The third-order valence-electron chi connectivity index (χ3n) is 8.13. The fourth-order valence-electron chi connectivity index (χ4n) is 6.09. The highest BCUT2D eigenvalue weighted by Gasteiger charge is 2.41. The van der Waals surface area contributed by atoms with Gasteiger partial charge < -0.3 is 11.1 Å². The third-order valence-corrected chi connectivity index (χ3v) is 14.4. The molecule has 0 saturated heterocycles. The molecule has 0 saturated carbocycles. The van der Waals surface area contributed by atoms with Crippen LogP contribution in [0.5, 0.6) is 0 Å². The predicted octanol–water partition coefficient (Wildman–Crippen LogP) is 6.90. The minimum Gasteiger partial charge on any atom is -0.383 e. The molecule has 0 radical (unpaired) electrons. The number of benzene rings is 2. The Bertz CT molecular complexity index is 1530. The van der Waals surface area contributed by atoms with Crippen LogP contribution >= 0.6 is 0 Å². The largest absolute Gasteiger partial charge is 0.383 e. The number of nitrogens with two attached hydrogens (primary N) is 1. The van der Waals surface area contributed by atoms with E-state index in [4.69, 9.17) is 5.73 Å². The van der Waals surface area contributed by atoms with Gasteiger partial charge in [0.1, 0.15) is 25.3 Å². The molecule has 2 aromatic carbocycles. The summed E-state index contributed by atoms with van der Waals surface area (Å²) < 4.78 is 15.6. The molecule has 9 heteroatoms. The second-order valence-corrected chi connectivity index (χ2v) is 16.9. The first-order valence-corrected chi connectivity index (χ1v) is 15.8. The van der Waals surface area contributed by atoms with Crippen LogP contribution in [0.4, 0.5) is 15.9 Å². The van der Waals surface area contributed by atoms with Gasteiger partial charge in [-0.25, -0.2) is 9.37 Å². The van der Waals surface area contributed by atoms with Gasteiger partial charge in [-0.15, -0.1) is 5.54 Å². The van der Waals surface area contributed by atoms with Crippen molar-refractivity contribution in [1.29, 1.82) is 0 Å². The molecule has 0 aliphatic carbocycles. The number of pyridine rings is 1. The Kier molecular flexibility index (Phi) is 8.12. The number of carbonyl (C=O) groups excluding carboxylic acids is 1. The summed E-state index contributed by atoms with van der Waals surface area (Å²) in [6.07, 6.45) is 2.09. The number of hydrogen-bond acceptors (Lipinski definition) is 5. The Hall–Kier alpha value is -4.03. The van der Waals surface area contributed by atoms with Gasteiger partial charge in [-0.1, -0.05) is 59.6 Å². The topological polar surface area (TPSA) is 111 Å². The van der Waals surface area contributed by atoms with Crippen molar-refractivity contribution in [2.24, 2.45) is 0 Å². The average molecular weight is 559 g/mol. The van der Waals surface area contributed by atoms with Gasteiger partial charge in [0.05, 0.1) is 4.92 Å². The Morgan fingerprint density at radius 3 is 2.30 bits per heavy atom. The third kappa shape index (κ3) is 5.24. The number of rotatable bonds is 6. The maximum atomic E-state index is 15.6. The number of anilines is 1. The standard InChI is InChI=1S/C31H35FN4O3Si/c1-18(2)40(19(3)4,20(5)6)12-10-23-15-28(32)26(16-29(23)36(38)39)24-14-27(30(33)35-17-24)21-7-8-25-22(13-21)9-11-34-31(25)37/h7-8,13-20H,9,11H2,1-6H3,(H2,33,35)(H,34,37). The summed E-state index contributed by atoms with van der Waals surface area (Å²) in [5.74, 6) is 2.53. The highest BCUT2D eigenvalue weighted by atomic mass is 28.3. The van der Waals surface area contributed by atoms with Gasteiger partial charge in [0, 0.05) is 41.1 Å². The van der Waals surface area contributed by atoms with Crippen LogP contribution in [0.2, 0.25) is 16.6 Å². The average Bonchev–Trinajstić information content (AvgIpc) is 2.88. The summed E-state index contributed by atoms with van der Waals surface area (Å²) in [6, 6.07) is 9.46. The van der Waals surface area contributed by atoms with Crippen LogP contribution in [0.15, 0.2) is 42.6 Å². The van der Waals surface area contributed by atoms with E-state index >= 15 is 4.39 Å². The molecule has 4 rings (SSSR count). The van der Waals surface area contributed by atoms with E-state index in [0.717, 1.165) is 17.2 Å². The molecule has 7 nitrogen and oxygen atoms in total. The van der Waals surface area contributed by atoms with Gasteiger partial charge in [0.15, 0.2) is 0 Å². The van der Waals surface area contributed by atoms with Gasteiger partial charge in [-0.3, -0.25) is 14.9 Å². The van der Waals surface area contributed by atoms with Gasteiger partial charge in [0.25, 0.3) is 11.6 Å². The summed E-state index contributed by atoms with van der Waals surface area (Å²) in [4.78, 5) is 28.0. The lowest BCUT2D eigenvalue weighted by Crippen LogP contribution is -2.43. The van der Waals surface area contributed by atoms with Gasteiger partial charge in [-0.05, 0) is 52.4 Å². The second kappa shape index (κ2) is 11.2. The van der Waals surface area contributed by atoms with Gasteiger partial charge in [0.2, 0.25) is 0 Å². The molecule has 1 aromatic heterocycles. The number of hydrogen-bond donors (Lipinski definition) is 2. The van der Waals surface area contributed by atoms with E-state index in [9.17, 15) is 14.9 Å². The zero-order valence-corrected chi connectivity index (χ0v) is 24.8. The molecule has 2 heterocycles. The van der Waals surface area contributed by atoms with Gasteiger partial charge in [-0.2, -0.15) is 0 Å². The van der Waals surface area contributed by atoms with E-state index in [1.165, 1.54) is 12.3 Å². The second-order valence-electron chi connectivity index (χ2n) is 11.3. The highest BCUT2D eigenvalue weighted by Crippen LogP contribution is 2.41. The molecule has 0 atom stereocenters. The van der Waals surface area contributed by atoms with Crippen LogP contribution in [0.1, 0.15) is 63.0 Å². The van der Waals surface area contributed by atoms with Crippen LogP contribution < -0.4 is 11.1 Å². The van der Waals surface area contributed by atoms with Crippen LogP contribution in [0.3, 0.4) is 0 Å². The Labute approximate surface area is 235 Å². The van der Waals surface area contributed by atoms with Crippen molar-refractivity contribution in [1.82, 2.24) is 10.3 Å². The first kappa shape index (κ1) is 29.0. The first-order chi connectivity index (χ1) is 18.9. The number of nitro groups is 1. The van der Waals surface area contributed by atoms with Crippen molar-refractivity contribution < 1.29 is 14.1 Å². The number of nitro benzene ring substituents is 1. The molecule has 0 spiro atoms. The quantitative estimate of drug-likeness (QED) is 0.148. The Morgan fingerprint density at radius 1 is 1.00 bits per heavy atom. The molecule has 1 aliphatic rings. The number of amides is 1. The van der Waals surface area contributed by atoms with Crippen LogP contribution in [0, 0.1) is 27.4 Å². The fourth-order valence-corrected chi connectivity index (χ4v) is 11.3. The summed E-state index contributed by atoms with van der Waals surface area (Å²) in [5, 5.41) is 14.9. The number of nitrogen functional groups attached to an aromatic ring is 1. The van der Waals surface area contributed by atoms with E-state index in [0.29, 0.717) is 46.3 Å². The van der Waals surface area contributed by atoms with Crippen molar-refractivity contribution >= 4 is 25.5 Å². The zero-order chi connectivity index (χ0) is 29.4. The molecular weight excluding hydrogens is 523 g/mol. The summed E-state index contributed by atoms with van der Waals surface area (Å²) in [7, 11) is -2.18. The minimum absolute atomic E-state index is 0.0448. The van der Waals surface area contributed by atoms with Gasteiger partial charge >= 0.3 is 0 Å². The molecular formula is C31H35FN4O3Si. The number of carbonyl (C=O) groups is 1. The fraction of sp³-hybridized carbons (Fsp3) is 0.355. The van der Waals surface area contributed by atoms with E-state index in [2.05, 4.69) is 63.3 Å². The maximum absolute atomic E-state index is 15.6. The summed E-state index contributed by atoms with van der Waals surface area (Å²) in [5.41, 5.74) is 13.7. The minimum atomic E-state index is -2.18. The molecule has 208 valence electrons. The van der Waals surface area contributed by atoms with Crippen molar-refractivity contribution in [3.63, 3.8) is 0 Å². The van der Waals surface area contributed by atoms with Crippen LogP contribution in [-0.2, 0) is 6.42 Å². The zero-order valence-electron chi connectivity index (χ0n) is 23.8. The molecule has 40 heavy (non-hydrogen) atoms. The van der Waals surface area contributed by atoms with Crippen molar-refractivity contribution in [3.05, 3.63) is 75.2 Å². The Morgan fingerprint density at radius 2 is 1.68 bits per heavy atom. The van der Waals surface area contributed by atoms with E-state index < -0.39 is 18.8 Å². The molecule has 0 unspecified atom stereocenters. The number of nitrogens with one attached hydrogen (secondary N) is 1. The number of halogens is 1. The summed E-state index contributed by atoms with van der Waals surface area (Å²) in [6.45, 7) is 13.5.